The summed E-state index contributed by atoms with van der Waals surface area (Å²) in [7, 11) is 1.54. The van der Waals surface area contributed by atoms with Crippen molar-refractivity contribution in [3.8, 4) is 0 Å². The molecule has 0 N–H and O–H groups in total. The van der Waals surface area contributed by atoms with Crippen molar-refractivity contribution < 1.29 is 13.2 Å². The molecular formula is C12H24F3NS. The first-order valence-corrected chi connectivity index (χ1v) is 6.78. The van der Waals surface area contributed by atoms with Gasteiger partial charge in [0.25, 0.3) is 0 Å². The molecule has 0 aliphatic rings. The molecule has 0 fully saturated rings. The predicted octanol–water partition coefficient (Wildman–Crippen LogP) is 4.00. The lowest BCUT2D eigenvalue weighted by atomic mass is 9.80. The van der Waals surface area contributed by atoms with Crippen LogP contribution >= 0.6 is 12.6 Å². The molecule has 0 aliphatic heterocycles. The van der Waals surface area contributed by atoms with Crippen LogP contribution in [0, 0.1) is 5.41 Å². The zero-order valence-corrected chi connectivity index (χ0v) is 11.9. The highest BCUT2D eigenvalue weighted by Crippen LogP contribution is 2.32. The minimum atomic E-state index is -4.12. The highest BCUT2D eigenvalue weighted by Gasteiger charge is 2.34. The van der Waals surface area contributed by atoms with Crippen LogP contribution in [0.4, 0.5) is 13.2 Å². The first kappa shape index (κ1) is 17.1. The second-order valence-electron chi connectivity index (χ2n) is 4.95. The Morgan fingerprint density at radius 2 is 1.47 bits per heavy atom. The summed E-state index contributed by atoms with van der Waals surface area (Å²) in [5, 5.41) is 0. The quantitative estimate of drug-likeness (QED) is 0.653. The fourth-order valence-corrected chi connectivity index (χ4v) is 2.90. The van der Waals surface area contributed by atoms with Gasteiger partial charge in [-0.25, -0.2) is 0 Å². The molecule has 0 unspecified atom stereocenters. The van der Waals surface area contributed by atoms with E-state index in [-0.39, 0.29) is 5.41 Å². The third kappa shape index (κ3) is 7.19. The van der Waals surface area contributed by atoms with Crippen molar-refractivity contribution >= 4 is 12.6 Å². The Labute approximate surface area is 108 Å². The summed E-state index contributed by atoms with van der Waals surface area (Å²) < 4.78 is 36.9. The van der Waals surface area contributed by atoms with Gasteiger partial charge in [-0.1, -0.05) is 26.7 Å². The summed E-state index contributed by atoms with van der Waals surface area (Å²) in [6, 6.07) is 0. The Morgan fingerprint density at radius 1 is 1.00 bits per heavy atom. The Bertz CT molecular complexity index is 200. The summed E-state index contributed by atoms with van der Waals surface area (Å²) >= 11 is 4.35. The van der Waals surface area contributed by atoms with Crippen molar-refractivity contribution in [2.45, 2.75) is 45.7 Å². The molecule has 5 heteroatoms. The predicted molar refractivity (Wildman–Crippen MR) is 69.7 cm³/mol. The summed E-state index contributed by atoms with van der Waals surface area (Å²) in [4.78, 5) is 1.38. The maximum atomic E-state index is 12.3. The molecule has 0 rings (SSSR count). The van der Waals surface area contributed by atoms with Crippen molar-refractivity contribution in [1.29, 1.82) is 0 Å². The highest BCUT2D eigenvalue weighted by atomic mass is 32.1. The van der Waals surface area contributed by atoms with Gasteiger partial charge < -0.3 is 0 Å². The zero-order valence-electron chi connectivity index (χ0n) is 11.0. The van der Waals surface area contributed by atoms with Gasteiger partial charge in [0.15, 0.2) is 0 Å². The monoisotopic (exact) mass is 271 g/mol. The molecule has 0 aromatic rings. The van der Waals surface area contributed by atoms with Crippen LogP contribution in [0.5, 0.6) is 0 Å². The van der Waals surface area contributed by atoms with E-state index in [0.717, 1.165) is 25.7 Å². The smallest absolute Gasteiger partial charge is 0.298 e. The van der Waals surface area contributed by atoms with Gasteiger partial charge in [0.1, 0.15) is 0 Å². The first-order valence-electron chi connectivity index (χ1n) is 6.14. The van der Waals surface area contributed by atoms with E-state index in [0.29, 0.717) is 12.3 Å². The second-order valence-corrected chi connectivity index (χ2v) is 5.26. The average molecular weight is 271 g/mol. The van der Waals surface area contributed by atoms with E-state index >= 15 is 0 Å². The molecule has 0 atom stereocenters. The Kier molecular flexibility index (Phi) is 7.56. The van der Waals surface area contributed by atoms with Crippen LogP contribution in [0.3, 0.4) is 0 Å². The minimum absolute atomic E-state index is 0.0768. The maximum Gasteiger partial charge on any atom is 0.401 e. The molecule has 0 saturated carbocycles. The molecule has 1 nitrogen and oxygen atoms in total. The molecule has 0 saturated heterocycles. The molecule has 0 aromatic carbocycles. The average Bonchev–Trinajstić information content (AvgIpc) is 2.15. The summed E-state index contributed by atoms with van der Waals surface area (Å²) in [6.45, 7) is 3.77. The molecule has 0 aromatic heterocycles. The molecular weight excluding hydrogens is 247 g/mol. The maximum absolute atomic E-state index is 12.3. The molecule has 0 spiro atoms. The summed E-state index contributed by atoms with van der Waals surface area (Å²) in [6.07, 6.45) is -0.268. The largest absolute Gasteiger partial charge is 0.401 e. The third-order valence-corrected chi connectivity index (χ3v) is 3.62. The highest BCUT2D eigenvalue weighted by molar-refractivity contribution is 7.80. The van der Waals surface area contributed by atoms with Gasteiger partial charge in [-0.2, -0.15) is 25.8 Å². The topological polar surface area (TPSA) is 3.24 Å². The standard InChI is InChI=1S/C12H24F3NS/c1-4-6-11(10-17,7-5-2)8-16(3)9-12(13,14)15/h17H,4-10H2,1-3H3. The molecule has 104 valence electrons. The fraction of sp³-hybridized carbons (Fsp3) is 1.00. The van der Waals surface area contributed by atoms with Crippen LogP contribution < -0.4 is 0 Å². The van der Waals surface area contributed by atoms with E-state index in [1.54, 1.807) is 0 Å². The minimum Gasteiger partial charge on any atom is -0.298 e. The third-order valence-electron chi connectivity index (χ3n) is 2.95. The number of hydrogen-bond acceptors (Lipinski definition) is 2. The molecule has 0 radical (unpaired) electrons. The van der Waals surface area contributed by atoms with Crippen LogP contribution in [-0.4, -0.2) is 37.0 Å². The van der Waals surface area contributed by atoms with Gasteiger partial charge in [-0.3, -0.25) is 4.90 Å². The van der Waals surface area contributed by atoms with Crippen LogP contribution in [0.1, 0.15) is 39.5 Å². The van der Waals surface area contributed by atoms with Crippen molar-refractivity contribution in [3.63, 3.8) is 0 Å². The summed E-state index contributed by atoms with van der Waals surface area (Å²) in [5.74, 6) is 0.650. The molecule has 17 heavy (non-hydrogen) atoms. The second kappa shape index (κ2) is 7.52. The van der Waals surface area contributed by atoms with Gasteiger partial charge in [-0.15, -0.1) is 0 Å². The number of nitrogens with zero attached hydrogens (tertiary/aromatic N) is 1. The van der Waals surface area contributed by atoms with Crippen molar-refractivity contribution in [2.24, 2.45) is 5.41 Å². The zero-order chi connectivity index (χ0) is 13.5. The van der Waals surface area contributed by atoms with Crippen LogP contribution in [0.2, 0.25) is 0 Å². The molecule has 0 amide bonds. The lowest BCUT2D eigenvalue weighted by Crippen LogP contribution is -2.41. The lowest BCUT2D eigenvalue weighted by molar-refractivity contribution is -0.145. The number of halogens is 3. The first-order chi connectivity index (χ1) is 7.78. The van der Waals surface area contributed by atoms with Gasteiger partial charge in [0.05, 0.1) is 6.54 Å². The number of hydrogen-bond donors (Lipinski definition) is 1. The number of rotatable bonds is 8. The summed E-state index contributed by atoms with van der Waals surface area (Å²) in [5.41, 5.74) is -0.0768. The normalized spacial score (nSPS) is 13.4. The van der Waals surface area contributed by atoms with Gasteiger partial charge in [0.2, 0.25) is 0 Å². The van der Waals surface area contributed by atoms with Crippen LogP contribution in [-0.2, 0) is 0 Å². The Hall–Kier alpha value is 0.100. The van der Waals surface area contributed by atoms with Gasteiger partial charge in [-0.05, 0) is 31.1 Å². The van der Waals surface area contributed by atoms with Crippen molar-refractivity contribution in [2.75, 3.05) is 25.9 Å². The fourth-order valence-electron chi connectivity index (χ4n) is 2.49. The Morgan fingerprint density at radius 3 is 1.76 bits per heavy atom. The van der Waals surface area contributed by atoms with E-state index in [2.05, 4.69) is 26.5 Å². The number of thiol groups is 1. The van der Waals surface area contributed by atoms with Crippen molar-refractivity contribution in [1.82, 2.24) is 4.90 Å². The van der Waals surface area contributed by atoms with E-state index in [4.69, 9.17) is 0 Å². The van der Waals surface area contributed by atoms with E-state index < -0.39 is 12.7 Å². The van der Waals surface area contributed by atoms with E-state index in [1.165, 1.54) is 11.9 Å². The van der Waals surface area contributed by atoms with E-state index in [9.17, 15) is 13.2 Å². The van der Waals surface area contributed by atoms with Gasteiger partial charge in [0, 0.05) is 6.54 Å². The number of alkyl halides is 3. The molecule has 0 heterocycles. The molecule has 0 aliphatic carbocycles. The lowest BCUT2D eigenvalue weighted by Gasteiger charge is -2.36. The van der Waals surface area contributed by atoms with E-state index in [1.807, 2.05) is 0 Å². The Balaban J connectivity index is 4.50. The SMILES string of the molecule is CCCC(CS)(CCC)CN(C)CC(F)(F)F. The van der Waals surface area contributed by atoms with Crippen LogP contribution in [0.25, 0.3) is 0 Å². The van der Waals surface area contributed by atoms with Gasteiger partial charge >= 0.3 is 6.18 Å². The van der Waals surface area contributed by atoms with Crippen molar-refractivity contribution in [3.05, 3.63) is 0 Å². The van der Waals surface area contributed by atoms with Crippen LogP contribution in [0.15, 0.2) is 0 Å². The molecule has 0 bridgehead atoms.